The van der Waals surface area contributed by atoms with E-state index in [4.69, 9.17) is 0 Å². The normalized spacial score (nSPS) is 16.1. The summed E-state index contributed by atoms with van der Waals surface area (Å²) in [6.07, 6.45) is -3.65. The number of carbonyl (C=O) groups is 1. The van der Waals surface area contributed by atoms with Crippen LogP contribution in [0, 0.1) is 0 Å². The number of aryl methyl sites for hydroxylation is 1. The molecule has 1 aliphatic heterocycles. The van der Waals surface area contributed by atoms with Crippen molar-refractivity contribution in [1.82, 2.24) is 0 Å². The van der Waals surface area contributed by atoms with Crippen molar-refractivity contribution in [3.05, 3.63) is 23.8 Å². The monoisotopic (exact) mass is 316 g/mol. The molecule has 4 nitrogen and oxygen atoms in total. The molecule has 1 aromatic rings. The van der Waals surface area contributed by atoms with Crippen LogP contribution in [0.15, 0.2) is 18.2 Å². The van der Waals surface area contributed by atoms with Crippen LogP contribution in [0.2, 0.25) is 0 Å². The van der Waals surface area contributed by atoms with Gasteiger partial charge in [0.2, 0.25) is 0 Å². The third-order valence-corrected chi connectivity index (χ3v) is 3.56. The Morgan fingerprint density at radius 2 is 2.18 bits per heavy atom. The Labute approximate surface area is 127 Å². The van der Waals surface area contributed by atoms with E-state index < -0.39 is 24.8 Å². The van der Waals surface area contributed by atoms with E-state index in [0.717, 1.165) is 30.6 Å². The summed E-state index contributed by atoms with van der Waals surface area (Å²) in [7, 11) is 2.00. The topological polar surface area (TPSA) is 41.6 Å². The standard InChI is InChI=1S/C15H19F3N2O2/c1-10(22-9-15(16,17)18)14(21)19-12-5-6-13-11(8-12)4-3-7-20(13)2/h5-6,8,10H,3-4,7,9H2,1-2H3,(H,19,21). The zero-order valence-corrected chi connectivity index (χ0v) is 12.5. The molecule has 1 aromatic carbocycles. The second kappa shape index (κ2) is 6.56. The second-order valence-corrected chi connectivity index (χ2v) is 5.43. The number of benzene rings is 1. The van der Waals surface area contributed by atoms with Gasteiger partial charge in [0.05, 0.1) is 0 Å². The first-order chi connectivity index (χ1) is 10.3. The molecule has 0 bridgehead atoms. The van der Waals surface area contributed by atoms with E-state index in [1.807, 2.05) is 19.2 Å². The molecule has 2 rings (SSSR count). The quantitative estimate of drug-likeness (QED) is 0.928. The summed E-state index contributed by atoms with van der Waals surface area (Å²) in [5.74, 6) is -0.589. The molecule has 22 heavy (non-hydrogen) atoms. The van der Waals surface area contributed by atoms with Crippen molar-refractivity contribution < 1.29 is 22.7 Å². The molecule has 1 heterocycles. The van der Waals surface area contributed by atoms with Crippen molar-refractivity contribution in [1.29, 1.82) is 0 Å². The Morgan fingerprint density at radius 3 is 2.86 bits per heavy atom. The number of hydrogen-bond acceptors (Lipinski definition) is 3. The van der Waals surface area contributed by atoms with Crippen molar-refractivity contribution in [2.24, 2.45) is 0 Å². The highest BCUT2D eigenvalue weighted by Crippen LogP contribution is 2.28. The average Bonchev–Trinajstić information content (AvgIpc) is 2.44. The van der Waals surface area contributed by atoms with Crippen LogP contribution in [-0.2, 0) is 16.0 Å². The third-order valence-electron chi connectivity index (χ3n) is 3.56. The van der Waals surface area contributed by atoms with E-state index in [9.17, 15) is 18.0 Å². The van der Waals surface area contributed by atoms with Gasteiger partial charge in [-0.15, -0.1) is 0 Å². The number of ether oxygens (including phenoxy) is 1. The van der Waals surface area contributed by atoms with Crippen LogP contribution in [0.4, 0.5) is 24.5 Å². The van der Waals surface area contributed by atoms with Crippen LogP contribution in [0.5, 0.6) is 0 Å². The van der Waals surface area contributed by atoms with Gasteiger partial charge in [-0.3, -0.25) is 4.79 Å². The first kappa shape index (κ1) is 16.6. The van der Waals surface area contributed by atoms with Gasteiger partial charge in [-0.25, -0.2) is 0 Å². The predicted molar refractivity (Wildman–Crippen MR) is 78.1 cm³/mol. The SMILES string of the molecule is CC(OCC(F)(F)F)C(=O)Nc1ccc2c(c1)CCCN2C. The van der Waals surface area contributed by atoms with Gasteiger partial charge < -0.3 is 15.0 Å². The lowest BCUT2D eigenvalue weighted by molar-refractivity contribution is -0.184. The Kier molecular flexibility index (Phi) is 4.95. The van der Waals surface area contributed by atoms with Crippen LogP contribution in [0.1, 0.15) is 18.9 Å². The lowest BCUT2D eigenvalue weighted by Gasteiger charge is -2.28. The van der Waals surface area contributed by atoms with Crippen molar-refractivity contribution in [3.63, 3.8) is 0 Å². The molecular weight excluding hydrogens is 297 g/mol. The number of nitrogens with one attached hydrogen (secondary N) is 1. The molecule has 0 aromatic heterocycles. The summed E-state index contributed by atoms with van der Waals surface area (Å²) in [5.41, 5.74) is 2.81. The number of rotatable bonds is 4. The van der Waals surface area contributed by atoms with Crippen LogP contribution in [0.3, 0.4) is 0 Å². The molecule has 1 aliphatic rings. The highest BCUT2D eigenvalue weighted by molar-refractivity contribution is 5.94. The molecule has 0 radical (unpaired) electrons. The Hall–Kier alpha value is -1.76. The zero-order valence-electron chi connectivity index (χ0n) is 12.5. The predicted octanol–water partition coefficient (Wildman–Crippen LogP) is 2.97. The molecule has 1 N–H and O–H groups in total. The summed E-state index contributed by atoms with van der Waals surface area (Å²) in [6.45, 7) is 0.852. The molecule has 1 atom stereocenters. The maximum Gasteiger partial charge on any atom is 0.411 e. The summed E-state index contributed by atoms with van der Waals surface area (Å²) in [6, 6.07) is 5.51. The Balaban J connectivity index is 1.97. The van der Waals surface area contributed by atoms with Gasteiger partial charge in [0, 0.05) is 25.0 Å². The lowest BCUT2D eigenvalue weighted by atomic mass is 10.0. The van der Waals surface area contributed by atoms with Crippen LogP contribution in [-0.4, -0.2) is 38.4 Å². The summed E-state index contributed by atoms with van der Waals surface area (Å²) in [5, 5.41) is 2.59. The number of anilines is 2. The van der Waals surface area contributed by atoms with Gasteiger partial charge in [-0.1, -0.05) is 0 Å². The molecule has 1 amide bonds. The van der Waals surface area contributed by atoms with Crippen LogP contribution >= 0.6 is 0 Å². The molecule has 0 saturated carbocycles. The Morgan fingerprint density at radius 1 is 1.45 bits per heavy atom. The van der Waals surface area contributed by atoms with Gasteiger partial charge in [0.25, 0.3) is 5.91 Å². The fourth-order valence-electron chi connectivity index (χ4n) is 2.40. The Bertz CT molecular complexity index is 546. The van der Waals surface area contributed by atoms with E-state index in [2.05, 4.69) is 15.0 Å². The van der Waals surface area contributed by atoms with Crippen molar-refractivity contribution >= 4 is 17.3 Å². The van der Waals surface area contributed by atoms with Gasteiger partial charge >= 0.3 is 6.18 Å². The number of carbonyl (C=O) groups excluding carboxylic acids is 1. The molecule has 0 saturated heterocycles. The van der Waals surface area contributed by atoms with Gasteiger partial charge in [-0.2, -0.15) is 13.2 Å². The summed E-state index contributed by atoms with van der Waals surface area (Å²) in [4.78, 5) is 14.0. The van der Waals surface area contributed by atoms with Crippen LogP contribution < -0.4 is 10.2 Å². The number of fused-ring (bicyclic) bond motifs is 1. The molecule has 0 spiro atoms. The van der Waals surface area contributed by atoms with Gasteiger partial charge in [0.15, 0.2) is 0 Å². The molecule has 0 fully saturated rings. The fourth-order valence-corrected chi connectivity index (χ4v) is 2.40. The molecular formula is C15H19F3N2O2. The van der Waals surface area contributed by atoms with E-state index in [1.54, 1.807) is 6.07 Å². The molecule has 7 heteroatoms. The first-order valence-electron chi connectivity index (χ1n) is 7.09. The number of amides is 1. The highest BCUT2D eigenvalue weighted by Gasteiger charge is 2.30. The highest BCUT2D eigenvalue weighted by atomic mass is 19.4. The van der Waals surface area contributed by atoms with E-state index >= 15 is 0 Å². The van der Waals surface area contributed by atoms with E-state index in [-0.39, 0.29) is 0 Å². The van der Waals surface area contributed by atoms with E-state index in [0.29, 0.717) is 5.69 Å². The summed E-state index contributed by atoms with van der Waals surface area (Å²) < 4.78 is 40.7. The maximum absolute atomic E-state index is 12.1. The number of nitrogens with zero attached hydrogens (tertiary/aromatic N) is 1. The average molecular weight is 316 g/mol. The molecule has 0 aliphatic carbocycles. The second-order valence-electron chi connectivity index (χ2n) is 5.43. The van der Waals surface area contributed by atoms with Gasteiger partial charge in [0.1, 0.15) is 12.7 Å². The van der Waals surface area contributed by atoms with Crippen molar-refractivity contribution in [2.75, 3.05) is 30.4 Å². The van der Waals surface area contributed by atoms with E-state index in [1.165, 1.54) is 6.92 Å². The summed E-state index contributed by atoms with van der Waals surface area (Å²) >= 11 is 0. The van der Waals surface area contributed by atoms with Crippen LogP contribution in [0.25, 0.3) is 0 Å². The number of hydrogen-bond donors (Lipinski definition) is 1. The minimum atomic E-state index is -4.44. The maximum atomic E-state index is 12.1. The number of alkyl halides is 3. The lowest BCUT2D eigenvalue weighted by Crippen LogP contribution is -2.31. The minimum Gasteiger partial charge on any atom is -0.374 e. The van der Waals surface area contributed by atoms with Crippen molar-refractivity contribution in [3.8, 4) is 0 Å². The molecule has 122 valence electrons. The number of halogens is 3. The largest absolute Gasteiger partial charge is 0.411 e. The molecule has 1 unspecified atom stereocenters. The first-order valence-corrected chi connectivity index (χ1v) is 7.09. The third kappa shape index (κ3) is 4.37. The smallest absolute Gasteiger partial charge is 0.374 e. The van der Waals surface area contributed by atoms with Gasteiger partial charge in [-0.05, 0) is 43.5 Å². The van der Waals surface area contributed by atoms with Crippen molar-refractivity contribution in [2.45, 2.75) is 32.0 Å². The fraction of sp³-hybridized carbons (Fsp3) is 0.533. The minimum absolute atomic E-state index is 0.571. The zero-order chi connectivity index (χ0) is 16.3.